The van der Waals surface area contributed by atoms with E-state index in [-0.39, 0.29) is 17.6 Å². The molecule has 33 heavy (non-hydrogen) atoms. The van der Waals surface area contributed by atoms with Gasteiger partial charge in [0.2, 0.25) is 5.88 Å². The molecule has 0 saturated heterocycles. The van der Waals surface area contributed by atoms with E-state index in [1.54, 1.807) is 26.4 Å². The predicted octanol–water partition coefficient (Wildman–Crippen LogP) is 6.27. The highest BCUT2D eigenvalue weighted by Gasteiger charge is 2.41. The molecule has 5 rings (SSSR count). The van der Waals surface area contributed by atoms with Gasteiger partial charge in [-0.05, 0) is 54.7 Å². The van der Waals surface area contributed by atoms with Crippen LogP contribution in [0.1, 0.15) is 47.1 Å². The molecule has 170 valence electrons. The molecule has 6 nitrogen and oxygen atoms in total. The lowest BCUT2D eigenvalue weighted by Crippen LogP contribution is -2.29. The second-order valence-electron chi connectivity index (χ2n) is 8.27. The van der Waals surface area contributed by atoms with Crippen LogP contribution < -0.4 is 14.8 Å². The number of nitrogens with one attached hydrogen (secondary N) is 1. The summed E-state index contributed by atoms with van der Waals surface area (Å²) in [5.74, 6) is 1.51. The molecule has 0 fully saturated rings. The van der Waals surface area contributed by atoms with E-state index in [9.17, 15) is 4.79 Å². The molecule has 0 radical (unpaired) electrons. The third-order valence-corrected chi connectivity index (χ3v) is 6.97. The summed E-state index contributed by atoms with van der Waals surface area (Å²) >= 11 is 12.7. The molecular formula is C25H22Cl2N2O4. The Morgan fingerprint density at radius 3 is 2.58 bits per heavy atom. The highest BCUT2D eigenvalue weighted by molar-refractivity contribution is 6.35. The lowest BCUT2D eigenvalue weighted by molar-refractivity contribution is -0.116. The molecule has 0 amide bonds. The van der Waals surface area contributed by atoms with Crippen LogP contribution in [-0.2, 0) is 4.79 Å². The van der Waals surface area contributed by atoms with Crippen molar-refractivity contribution in [2.75, 3.05) is 19.5 Å². The van der Waals surface area contributed by atoms with Gasteiger partial charge in [-0.1, -0.05) is 40.5 Å². The largest absolute Gasteiger partial charge is 0.493 e. The van der Waals surface area contributed by atoms with Gasteiger partial charge in [-0.2, -0.15) is 0 Å². The van der Waals surface area contributed by atoms with Crippen LogP contribution in [0.25, 0.3) is 0 Å². The molecular weight excluding hydrogens is 463 g/mol. The van der Waals surface area contributed by atoms with Crippen molar-refractivity contribution in [2.24, 2.45) is 0 Å². The van der Waals surface area contributed by atoms with Crippen LogP contribution >= 0.6 is 23.2 Å². The van der Waals surface area contributed by atoms with E-state index in [1.807, 2.05) is 31.2 Å². The minimum absolute atomic E-state index is 0.0181. The Kier molecular flexibility index (Phi) is 5.59. The van der Waals surface area contributed by atoms with E-state index < -0.39 is 0 Å². The van der Waals surface area contributed by atoms with Gasteiger partial charge in [0.15, 0.2) is 17.3 Å². The molecule has 3 aromatic rings. The van der Waals surface area contributed by atoms with E-state index in [2.05, 4.69) is 10.5 Å². The lowest BCUT2D eigenvalue weighted by Gasteiger charge is -2.34. The van der Waals surface area contributed by atoms with Gasteiger partial charge < -0.3 is 19.3 Å². The molecule has 1 aromatic heterocycles. The van der Waals surface area contributed by atoms with Crippen molar-refractivity contribution in [3.8, 4) is 11.5 Å². The van der Waals surface area contributed by atoms with Crippen LogP contribution in [0.5, 0.6) is 11.5 Å². The molecule has 8 heteroatoms. The number of allylic oxidation sites excluding steroid dienone is 2. The molecule has 2 aliphatic rings. The number of carbonyl (C=O) groups is 1. The van der Waals surface area contributed by atoms with Crippen molar-refractivity contribution in [1.29, 1.82) is 0 Å². The van der Waals surface area contributed by atoms with E-state index >= 15 is 0 Å². The Bertz CT molecular complexity index is 1300. The van der Waals surface area contributed by atoms with Crippen molar-refractivity contribution in [2.45, 2.75) is 31.6 Å². The first-order valence-electron chi connectivity index (χ1n) is 10.6. The Balaban J connectivity index is 1.60. The van der Waals surface area contributed by atoms with Crippen molar-refractivity contribution in [1.82, 2.24) is 5.16 Å². The summed E-state index contributed by atoms with van der Waals surface area (Å²) in [4.78, 5) is 13.6. The van der Waals surface area contributed by atoms with Crippen LogP contribution in [0.15, 0.2) is 52.2 Å². The number of aryl methyl sites for hydroxylation is 1. The Hall–Kier alpha value is -2.96. The van der Waals surface area contributed by atoms with Gasteiger partial charge in [0, 0.05) is 33.7 Å². The van der Waals surface area contributed by atoms with Crippen molar-refractivity contribution >= 4 is 34.9 Å². The number of methoxy groups -OCH3 is 2. The monoisotopic (exact) mass is 484 g/mol. The lowest BCUT2D eigenvalue weighted by atomic mass is 9.72. The number of nitrogens with zero attached hydrogens (tertiary/aromatic N) is 1. The number of halogens is 2. The Morgan fingerprint density at radius 2 is 1.85 bits per heavy atom. The average molecular weight is 485 g/mol. The summed E-state index contributed by atoms with van der Waals surface area (Å²) in [6.07, 6.45) is 1.01. The Labute approximate surface area is 201 Å². The number of ketones is 1. The van der Waals surface area contributed by atoms with Gasteiger partial charge >= 0.3 is 0 Å². The van der Waals surface area contributed by atoms with Crippen molar-refractivity contribution < 1.29 is 18.8 Å². The predicted molar refractivity (Wildman–Crippen MR) is 127 cm³/mol. The summed E-state index contributed by atoms with van der Waals surface area (Å²) in [7, 11) is 3.20. The molecule has 1 N–H and O–H groups in total. The van der Waals surface area contributed by atoms with Crippen LogP contribution in [-0.4, -0.2) is 25.2 Å². The summed E-state index contributed by atoms with van der Waals surface area (Å²) < 4.78 is 16.4. The van der Waals surface area contributed by atoms with Crippen LogP contribution in [0.4, 0.5) is 5.88 Å². The van der Waals surface area contributed by atoms with Gasteiger partial charge in [0.05, 0.1) is 25.5 Å². The summed E-state index contributed by atoms with van der Waals surface area (Å²) in [6, 6.07) is 11.1. The number of fused-ring (bicyclic) bond motifs is 1. The number of hydrogen-bond donors (Lipinski definition) is 1. The minimum atomic E-state index is -0.369. The number of carbonyl (C=O) groups excluding carboxylic acids is 1. The van der Waals surface area contributed by atoms with E-state index in [1.165, 1.54) is 0 Å². The van der Waals surface area contributed by atoms with Crippen LogP contribution in [0.3, 0.4) is 0 Å². The van der Waals surface area contributed by atoms with E-state index in [4.69, 9.17) is 37.2 Å². The number of hydrogen-bond acceptors (Lipinski definition) is 6. The zero-order valence-electron chi connectivity index (χ0n) is 18.4. The SMILES string of the molecule is COc1ccc([C@H]2CC(=O)C3=C(C2)Nc2onc(C)c2[C@@H]3c2ccc(Cl)cc2Cl)cc1OC. The molecule has 0 bridgehead atoms. The standard InChI is InChI=1S/C25H22Cl2N2O4/c1-12-22-23(16-6-5-15(26)11-17(16)27)24-18(28-25(22)33-29-12)8-14(9-19(24)30)13-4-7-20(31-2)21(10-13)32-3/h4-7,10-11,14,23,28H,8-9H2,1-3H3/t14-,23+/m1/s1. The Morgan fingerprint density at radius 1 is 1.06 bits per heavy atom. The van der Waals surface area contributed by atoms with Gasteiger partial charge in [-0.3, -0.25) is 4.79 Å². The highest BCUT2D eigenvalue weighted by Crippen LogP contribution is 2.50. The van der Waals surface area contributed by atoms with Crippen LogP contribution in [0, 0.1) is 6.92 Å². The molecule has 0 saturated carbocycles. The van der Waals surface area contributed by atoms with Gasteiger partial charge in [-0.25, -0.2) is 0 Å². The first-order valence-corrected chi connectivity index (χ1v) is 11.3. The first-order chi connectivity index (χ1) is 15.9. The zero-order valence-corrected chi connectivity index (χ0v) is 19.9. The summed E-state index contributed by atoms with van der Waals surface area (Å²) in [6.45, 7) is 1.87. The third kappa shape index (κ3) is 3.67. The third-order valence-electron chi connectivity index (χ3n) is 6.41. The van der Waals surface area contributed by atoms with E-state index in [0.29, 0.717) is 45.8 Å². The number of rotatable bonds is 4. The fourth-order valence-electron chi connectivity index (χ4n) is 4.86. The second-order valence-corrected chi connectivity index (χ2v) is 9.11. The summed E-state index contributed by atoms with van der Waals surface area (Å²) in [5, 5.41) is 8.53. The zero-order chi connectivity index (χ0) is 23.3. The maximum absolute atomic E-state index is 13.6. The molecule has 2 atom stereocenters. The molecule has 2 aromatic carbocycles. The quantitative estimate of drug-likeness (QED) is 0.470. The van der Waals surface area contributed by atoms with Crippen molar-refractivity contribution in [3.05, 3.63) is 80.1 Å². The topological polar surface area (TPSA) is 73.6 Å². The highest BCUT2D eigenvalue weighted by atomic mass is 35.5. The fourth-order valence-corrected chi connectivity index (χ4v) is 5.38. The first kappa shape index (κ1) is 21.9. The molecule has 0 unspecified atom stereocenters. The maximum atomic E-state index is 13.6. The summed E-state index contributed by atoms with van der Waals surface area (Å²) in [5.41, 5.74) is 4.89. The van der Waals surface area contributed by atoms with Crippen molar-refractivity contribution in [3.63, 3.8) is 0 Å². The normalized spacial score (nSPS) is 19.6. The fraction of sp³-hybridized carbons (Fsp3) is 0.280. The second kappa shape index (κ2) is 8.43. The smallest absolute Gasteiger partial charge is 0.233 e. The van der Waals surface area contributed by atoms with Crippen LogP contribution in [0.2, 0.25) is 10.0 Å². The number of benzene rings is 2. The number of anilines is 1. The van der Waals surface area contributed by atoms with Gasteiger partial charge in [0.1, 0.15) is 0 Å². The number of ether oxygens (including phenoxy) is 2. The molecule has 0 spiro atoms. The average Bonchev–Trinajstić information content (AvgIpc) is 3.17. The molecule has 1 aliphatic heterocycles. The number of aromatic nitrogens is 1. The van der Waals surface area contributed by atoms with Gasteiger partial charge in [0.25, 0.3) is 0 Å². The van der Waals surface area contributed by atoms with Gasteiger partial charge in [-0.15, -0.1) is 0 Å². The minimum Gasteiger partial charge on any atom is -0.493 e. The number of Topliss-reactive ketones (excluding diaryl/α,β-unsaturated/α-hetero) is 1. The maximum Gasteiger partial charge on any atom is 0.233 e. The van der Waals surface area contributed by atoms with E-state index in [0.717, 1.165) is 28.1 Å². The molecule has 2 heterocycles. The molecule has 1 aliphatic carbocycles.